The first-order valence-corrected chi connectivity index (χ1v) is 8.18. The smallest absolute Gasteiger partial charge is 0.191 e. The lowest BCUT2D eigenvalue weighted by Crippen LogP contribution is -2.51. The molecule has 128 valence electrons. The second-order valence-electron chi connectivity index (χ2n) is 7.25. The summed E-state index contributed by atoms with van der Waals surface area (Å²) in [6, 6.07) is 7.09. The van der Waals surface area contributed by atoms with Gasteiger partial charge in [-0.3, -0.25) is 4.99 Å². The van der Waals surface area contributed by atoms with Gasteiger partial charge < -0.3 is 15.5 Å². The van der Waals surface area contributed by atoms with Gasteiger partial charge in [0.2, 0.25) is 0 Å². The van der Waals surface area contributed by atoms with Crippen molar-refractivity contribution < 1.29 is 4.39 Å². The molecule has 0 heterocycles. The molecule has 5 heteroatoms. The van der Waals surface area contributed by atoms with Crippen LogP contribution in [0, 0.1) is 5.82 Å². The Morgan fingerprint density at radius 2 is 1.91 bits per heavy atom. The van der Waals surface area contributed by atoms with Crippen LogP contribution in [0.25, 0.3) is 0 Å². The van der Waals surface area contributed by atoms with Gasteiger partial charge in [0, 0.05) is 31.1 Å². The van der Waals surface area contributed by atoms with E-state index in [1.54, 1.807) is 19.2 Å². The van der Waals surface area contributed by atoms with Gasteiger partial charge >= 0.3 is 0 Å². The fourth-order valence-electron chi connectivity index (χ4n) is 2.52. The fraction of sp³-hybridized carbons (Fsp3) is 0.611. The van der Waals surface area contributed by atoms with Gasteiger partial charge in [-0.15, -0.1) is 0 Å². The van der Waals surface area contributed by atoms with Crippen molar-refractivity contribution in [2.45, 2.75) is 37.6 Å². The zero-order chi connectivity index (χ0) is 17.1. The highest BCUT2D eigenvalue weighted by Crippen LogP contribution is 2.48. The van der Waals surface area contributed by atoms with E-state index in [2.05, 4.69) is 48.5 Å². The van der Waals surface area contributed by atoms with Crippen LogP contribution in [-0.2, 0) is 5.41 Å². The maximum Gasteiger partial charge on any atom is 0.191 e. The van der Waals surface area contributed by atoms with Crippen molar-refractivity contribution in [1.82, 2.24) is 15.5 Å². The van der Waals surface area contributed by atoms with Crippen LogP contribution in [0.3, 0.4) is 0 Å². The van der Waals surface area contributed by atoms with E-state index in [0.717, 1.165) is 30.9 Å². The maximum absolute atomic E-state index is 14.0. The number of nitrogens with one attached hydrogen (secondary N) is 2. The van der Waals surface area contributed by atoms with E-state index in [9.17, 15) is 4.39 Å². The first kappa shape index (κ1) is 17.7. The highest BCUT2D eigenvalue weighted by Gasteiger charge is 2.45. The molecule has 1 aromatic carbocycles. The summed E-state index contributed by atoms with van der Waals surface area (Å²) >= 11 is 0. The minimum Gasteiger partial charge on any atom is -0.356 e. The van der Waals surface area contributed by atoms with Gasteiger partial charge in [0.25, 0.3) is 0 Å². The van der Waals surface area contributed by atoms with Crippen LogP contribution < -0.4 is 10.6 Å². The van der Waals surface area contributed by atoms with Gasteiger partial charge in [-0.2, -0.15) is 0 Å². The number of halogens is 1. The largest absolute Gasteiger partial charge is 0.356 e. The lowest BCUT2D eigenvalue weighted by atomic mass is 9.95. The van der Waals surface area contributed by atoms with Crippen molar-refractivity contribution in [3.05, 3.63) is 35.6 Å². The first-order valence-electron chi connectivity index (χ1n) is 8.18. The summed E-state index contributed by atoms with van der Waals surface area (Å²) < 4.78 is 14.0. The molecule has 0 saturated heterocycles. The molecular formula is C18H29FN4. The van der Waals surface area contributed by atoms with Crippen molar-refractivity contribution >= 4 is 5.96 Å². The Morgan fingerprint density at radius 3 is 2.43 bits per heavy atom. The van der Waals surface area contributed by atoms with Gasteiger partial charge in [-0.05, 0) is 52.4 Å². The Kier molecular flexibility index (Phi) is 5.30. The normalized spacial score (nSPS) is 17.3. The molecule has 1 fully saturated rings. The van der Waals surface area contributed by atoms with Gasteiger partial charge in [0.05, 0.1) is 0 Å². The lowest BCUT2D eigenvalue weighted by Gasteiger charge is -2.33. The molecule has 2 rings (SSSR count). The van der Waals surface area contributed by atoms with Crippen LogP contribution in [0.2, 0.25) is 0 Å². The monoisotopic (exact) mass is 320 g/mol. The SMILES string of the molecule is CN=C(NCC1(c2ccccc2F)CC1)NCC(C)(C)N(C)C. The van der Waals surface area contributed by atoms with E-state index >= 15 is 0 Å². The molecular weight excluding hydrogens is 291 g/mol. The molecule has 1 saturated carbocycles. The van der Waals surface area contributed by atoms with Crippen LogP contribution >= 0.6 is 0 Å². The molecule has 0 aliphatic heterocycles. The molecule has 0 bridgehead atoms. The zero-order valence-electron chi connectivity index (χ0n) is 14.9. The summed E-state index contributed by atoms with van der Waals surface area (Å²) in [6.45, 7) is 5.84. The number of hydrogen-bond acceptors (Lipinski definition) is 2. The van der Waals surface area contributed by atoms with Crippen molar-refractivity contribution in [2.75, 3.05) is 34.2 Å². The summed E-state index contributed by atoms with van der Waals surface area (Å²) in [5, 5.41) is 6.72. The number of guanidine groups is 1. The third-order valence-corrected chi connectivity index (χ3v) is 5.02. The van der Waals surface area contributed by atoms with E-state index in [4.69, 9.17) is 0 Å². The molecule has 2 N–H and O–H groups in total. The van der Waals surface area contributed by atoms with Crippen LogP contribution in [0.15, 0.2) is 29.3 Å². The Bertz CT molecular complexity index is 562. The minimum atomic E-state index is -0.108. The number of nitrogens with zero attached hydrogens (tertiary/aromatic N) is 2. The standard InChI is InChI=1S/C18H29FN4/c1-17(2,23(4)5)12-21-16(20-3)22-13-18(10-11-18)14-8-6-7-9-15(14)19/h6-9H,10-13H2,1-5H3,(H2,20,21,22). The first-order chi connectivity index (χ1) is 10.8. The number of rotatable bonds is 6. The molecule has 1 aliphatic rings. The van der Waals surface area contributed by atoms with Gasteiger partial charge in [-0.25, -0.2) is 4.39 Å². The van der Waals surface area contributed by atoms with Crippen molar-refractivity contribution in [3.63, 3.8) is 0 Å². The molecule has 23 heavy (non-hydrogen) atoms. The number of hydrogen-bond donors (Lipinski definition) is 2. The van der Waals surface area contributed by atoms with E-state index in [1.165, 1.54) is 0 Å². The van der Waals surface area contributed by atoms with Crippen LogP contribution in [0.1, 0.15) is 32.3 Å². The predicted octanol–water partition coefficient (Wildman–Crippen LogP) is 2.36. The Hall–Kier alpha value is -1.62. The fourth-order valence-corrected chi connectivity index (χ4v) is 2.52. The number of benzene rings is 1. The quantitative estimate of drug-likeness (QED) is 0.624. The number of likely N-dealkylation sites (N-methyl/N-ethyl adjacent to an activating group) is 1. The number of aliphatic imine (C=N–C) groups is 1. The second-order valence-corrected chi connectivity index (χ2v) is 7.25. The molecule has 1 aromatic rings. The third-order valence-electron chi connectivity index (χ3n) is 5.02. The summed E-state index contributed by atoms with van der Waals surface area (Å²) in [7, 11) is 5.89. The molecule has 0 amide bonds. The Balaban J connectivity index is 1.93. The lowest BCUT2D eigenvalue weighted by molar-refractivity contribution is 0.197. The summed E-state index contributed by atoms with van der Waals surface area (Å²) in [5.41, 5.74) is 0.761. The predicted molar refractivity (Wildman–Crippen MR) is 94.4 cm³/mol. The molecule has 0 spiro atoms. The highest BCUT2D eigenvalue weighted by atomic mass is 19.1. The molecule has 0 atom stereocenters. The van der Waals surface area contributed by atoms with Crippen LogP contribution in [0.4, 0.5) is 4.39 Å². The molecule has 4 nitrogen and oxygen atoms in total. The highest BCUT2D eigenvalue weighted by molar-refractivity contribution is 5.80. The van der Waals surface area contributed by atoms with Gasteiger partial charge in [-0.1, -0.05) is 18.2 Å². The topological polar surface area (TPSA) is 39.7 Å². The van der Waals surface area contributed by atoms with Gasteiger partial charge in [0.15, 0.2) is 5.96 Å². The molecule has 0 unspecified atom stereocenters. The van der Waals surface area contributed by atoms with Crippen molar-refractivity contribution in [1.29, 1.82) is 0 Å². The average molecular weight is 320 g/mol. The minimum absolute atomic E-state index is 0.0282. The van der Waals surface area contributed by atoms with E-state index in [-0.39, 0.29) is 16.8 Å². The van der Waals surface area contributed by atoms with Crippen molar-refractivity contribution in [3.8, 4) is 0 Å². The van der Waals surface area contributed by atoms with Crippen LogP contribution in [-0.4, -0.2) is 50.6 Å². The molecule has 1 aliphatic carbocycles. The van der Waals surface area contributed by atoms with Gasteiger partial charge in [0.1, 0.15) is 5.82 Å². The summed E-state index contributed by atoms with van der Waals surface area (Å²) in [4.78, 5) is 6.46. The molecule has 0 radical (unpaired) electrons. The maximum atomic E-state index is 14.0. The Morgan fingerprint density at radius 1 is 1.26 bits per heavy atom. The summed E-state index contributed by atoms with van der Waals surface area (Å²) in [6.07, 6.45) is 2.03. The third kappa shape index (κ3) is 4.22. The Labute approximate surface area is 139 Å². The van der Waals surface area contributed by atoms with Crippen LogP contribution in [0.5, 0.6) is 0 Å². The molecule has 0 aromatic heterocycles. The average Bonchev–Trinajstić information content (AvgIpc) is 3.28. The van der Waals surface area contributed by atoms with E-state index < -0.39 is 0 Å². The van der Waals surface area contributed by atoms with E-state index in [0.29, 0.717) is 6.54 Å². The van der Waals surface area contributed by atoms with Crippen molar-refractivity contribution in [2.24, 2.45) is 4.99 Å². The second kappa shape index (κ2) is 6.87. The van der Waals surface area contributed by atoms with E-state index in [1.807, 2.05) is 12.1 Å². The summed E-state index contributed by atoms with van der Waals surface area (Å²) in [5.74, 6) is 0.658. The zero-order valence-corrected chi connectivity index (χ0v) is 14.9.